The molecule has 4 unspecified atom stereocenters. The zero-order chi connectivity index (χ0) is 98.0. The zero-order valence-corrected chi connectivity index (χ0v) is 76.5. The quantitative estimate of drug-likeness (QED) is 0.0164. The molecule has 0 bridgehead atoms. The average Bonchev–Trinajstić information content (AvgIpc) is 1.88. The van der Waals surface area contributed by atoms with Gasteiger partial charge in [0.05, 0.1) is 62.4 Å². The number of carbonyl (C=O) groups excluding carboxylic acids is 8. The van der Waals surface area contributed by atoms with Crippen molar-refractivity contribution in [1.29, 1.82) is 0 Å². The number of phenolic OH excluding ortho intramolecular Hbond substituents is 1. The van der Waals surface area contributed by atoms with E-state index in [-0.39, 0.29) is 125 Å². The van der Waals surface area contributed by atoms with Crippen LogP contribution >= 0.6 is 0 Å². The second-order valence-corrected chi connectivity index (χ2v) is 26.5. The van der Waals surface area contributed by atoms with E-state index in [4.69, 9.17) is 110 Å². The second kappa shape index (κ2) is 64.4. The molecule has 130 heavy (non-hydrogen) atoms. The maximum atomic E-state index is 12.6. The molecule has 8 aromatic rings. The molecule has 4 atom stereocenters. The van der Waals surface area contributed by atoms with Crippen molar-refractivity contribution >= 4 is 34.7 Å². The molecule has 2 N–H and O–H groups in total. The number of alkyl halides is 15. The summed E-state index contributed by atoms with van der Waals surface area (Å²) >= 11 is 0. The molecule has 0 radical (unpaired) electrons. The van der Waals surface area contributed by atoms with E-state index in [2.05, 4.69) is 4.18 Å². The van der Waals surface area contributed by atoms with Crippen LogP contribution < -0.4 is 52.1 Å². The Labute approximate surface area is 762 Å². The minimum Gasteiger partial charge on any atom is -0.508 e. The van der Waals surface area contributed by atoms with Gasteiger partial charge in [0.2, 0.25) is 0 Å². The molecule has 44 heteroatoms. The molecule has 1 saturated heterocycles. The number of aliphatic hydroxyl groups excluding tert-OH is 1. The van der Waals surface area contributed by atoms with Gasteiger partial charge in [0, 0.05) is 44.3 Å². The molecule has 9 rings (SSSR count). The first-order chi connectivity index (χ1) is 60.7. The number of aliphatic hydroxyl groups is 1. The van der Waals surface area contributed by atoms with Crippen LogP contribution in [0.1, 0.15) is 86.1 Å². The summed E-state index contributed by atoms with van der Waals surface area (Å²) in [5.74, 6) is 6.76. The van der Waals surface area contributed by atoms with Crippen LogP contribution in [0.3, 0.4) is 0 Å². The summed E-state index contributed by atoms with van der Waals surface area (Å²) in [5.41, 5.74) is -4.35. The van der Waals surface area contributed by atoms with Gasteiger partial charge in [0.25, 0.3) is 0 Å². The summed E-state index contributed by atoms with van der Waals surface area (Å²) in [4.78, 5) is 65.0. The van der Waals surface area contributed by atoms with Gasteiger partial charge in [0.1, 0.15) is 140 Å². The van der Waals surface area contributed by atoms with Crippen LogP contribution in [0.5, 0.6) is 69.0 Å². The minimum absolute atomic E-state index is 0. The van der Waals surface area contributed by atoms with Gasteiger partial charge in [-0.25, -0.2) is 0 Å². The van der Waals surface area contributed by atoms with Gasteiger partial charge in [-0.3, -0.25) is 4.18 Å². The molecule has 1 fully saturated rings. The number of phenols is 1. The number of hydrogen-bond donors (Lipinski definition) is 2. The van der Waals surface area contributed by atoms with Gasteiger partial charge < -0.3 is 76.5 Å². The van der Waals surface area contributed by atoms with Crippen molar-refractivity contribution < 1.29 is 224 Å². The predicted molar refractivity (Wildman–Crippen MR) is 424 cm³/mol. The van der Waals surface area contributed by atoms with Crippen LogP contribution in [-0.2, 0) is 91.6 Å². The summed E-state index contributed by atoms with van der Waals surface area (Å²) in [5, 5.41) is 19.0. The number of benzene rings is 8. The Hall–Kier alpha value is -11.4. The summed E-state index contributed by atoms with van der Waals surface area (Å²) in [7, 11) is -3.74. The van der Waals surface area contributed by atoms with Crippen LogP contribution in [0.4, 0.5) is 65.9 Å². The van der Waals surface area contributed by atoms with Crippen LogP contribution in [0.15, 0.2) is 170 Å². The van der Waals surface area contributed by atoms with E-state index in [1.54, 1.807) is 49.6 Å². The minimum atomic E-state index is -5.35. The van der Waals surface area contributed by atoms with Gasteiger partial charge >= 0.3 is 64.9 Å². The molecular weight excluding hydrogens is 2020 g/mol. The molecule has 0 amide bonds. The summed E-state index contributed by atoms with van der Waals surface area (Å²) in [6.07, 6.45) is -18.0. The number of ether oxygens (including phenoxy) is 14. The molecule has 1 aliphatic rings. The van der Waals surface area contributed by atoms with Gasteiger partial charge in [-0.15, -0.1) is 0 Å². The molecule has 0 aliphatic carbocycles. The molecule has 1 heterocycles. The van der Waals surface area contributed by atoms with Crippen molar-refractivity contribution in [2.24, 2.45) is 0 Å². The van der Waals surface area contributed by atoms with Gasteiger partial charge in [-0.2, -0.15) is 113 Å². The second-order valence-electron chi connectivity index (χ2n) is 24.9. The van der Waals surface area contributed by atoms with E-state index >= 15 is 0 Å². The summed E-state index contributed by atoms with van der Waals surface area (Å²) in [6.45, 7) is 22.3. The number of methoxy groups -OCH3 is 1. The molecule has 716 valence electrons. The van der Waals surface area contributed by atoms with E-state index in [1.807, 2.05) is 92.6 Å². The van der Waals surface area contributed by atoms with Crippen LogP contribution in [0.25, 0.3) is 0 Å². The SMILES string of the molecule is CCOC(COc1ccc(C(F)(F)F)cc1)COc1ccc(OC)c(C)c1.CCOS(=O)(=O)C(F)(F)F.CCOc1ccc(O)cc1C.CCOc1ccc(OCC(COc2ccc(C(F)(F)F)cc2)OCC)cc1C.CCOc1ccc(OCC(O)COc2ccc(C(F)(F)F)cc2)cc1C.FC(F)(F)c1ccc(OCC2CO2)cc1.O=C=O.O=C=O.O=C=O.O=C=O.[U]. The number of epoxide rings is 1. The Morgan fingerprint density at radius 3 is 0.838 bits per heavy atom. The van der Waals surface area contributed by atoms with Gasteiger partial charge in [0.15, 0.2) is 0 Å². The number of hydrogen-bond acceptors (Lipinski definition) is 27. The zero-order valence-electron chi connectivity index (χ0n) is 71.6. The molecular formula is C86H95F15O27SU. The van der Waals surface area contributed by atoms with Crippen LogP contribution in [0.2, 0.25) is 0 Å². The fraction of sp³-hybridized carbons (Fsp3) is 0.395. The van der Waals surface area contributed by atoms with E-state index in [1.165, 1.54) is 48.5 Å². The number of aromatic hydroxyl groups is 1. The Morgan fingerprint density at radius 2 is 0.608 bits per heavy atom. The van der Waals surface area contributed by atoms with E-state index in [9.17, 15) is 79.4 Å². The van der Waals surface area contributed by atoms with Crippen molar-refractivity contribution in [3.63, 3.8) is 0 Å². The van der Waals surface area contributed by atoms with Crippen LogP contribution in [0, 0.1) is 58.8 Å². The molecule has 1 aliphatic heterocycles. The molecule has 8 aromatic carbocycles. The monoisotopic (exact) mass is 2110 g/mol. The fourth-order valence-electron chi connectivity index (χ4n) is 9.44. The number of aryl methyl sites for hydroxylation is 4. The first-order valence-electron chi connectivity index (χ1n) is 37.8. The predicted octanol–water partition coefficient (Wildman–Crippen LogP) is 17.5. The van der Waals surface area contributed by atoms with E-state index in [0.717, 1.165) is 101 Å². The van der Waals surface area contributed by atoms with E-state index in [0.29, 0.717) is 80.7 Å². The van der Waals surface area contributed by atoms with Crippen molar-refractivity contribution in [2.75, 3.05) is 99.6 Å². The van der Waals surface area contributed by atoms with Crippen molar-refractivity contribution in [2.45, 2.75) is 124 Å². The van der Waals surface area contributed by atoms with E-state index < -0.39 is 75.3 Å². The first-order valence-corrected chi connectivity index (χ1v) is 39.2. The molecule has 0 aromatic heterocycles. The number of rotatable bonds is 34. The Balaban J connectivity index is 0. The van der Waals surface area contributed by atoms with Gasteiger partial charge in [-0.1, -0.05) is 0 Å². The van der Waals surface area contributed by atoms with Crippen molar-refractivity contribution in [3.05, 3.63) is 214 Å². The smallest absolute Gasteiger partial charge is 0.508 e. The Morgan fingerprint density at radius 1 is 0.362 bits per heavy atom. The van der Waals surface area contributed by atoms with Crippen molar-refractivity contribution in [1.82, 2.24) is 0 Å². The standard InChI is InChI=1S/C21H25F3O4.C20H23F3O4.C19H21F3O4.C10H9F3O2.C9H12O2.C3H5F3O3S.4CO2.U/c1-4-25-19(13-27-17-8-6-16(7-9-17)21(22,23)24)14-28-18-10-11-20(26-5-2)15(3)12-18;1-4-25-18(13-27-17-9-10-19(24-3)14(2)11-17)12-26-16-7-5-15(6-8-16)20(21,22)23;1-3-24-18-9-8-17(10-13(18)2)26-12-15(23)11-25-16-6-4-14(5-7-16)19(20,21)22;11-10(12,13)7-1-3-8(4-2-7)14-5-9-6-15-9;1-3-11-9-5-4-8(10)6-7(9)2;1-2-9-10(7,8)3(4,5)6;4*2-1-3;/h6-12,19H,4-5,13-14H2,1-3H3;5-11,18H,4,12-13H2,1-3H3;4-10,15,23H,3,11-12H2,1-2H3;1-4,9H,5-6H2;4-6,10H,3H2,1-2H3;2H2,1H3;;;;;. The molecule has 27 nitrogen and oxygen atoms in total. The molecule has 0 saturated carbocycles. The van der Waals surface area contributed by atoms with Crippen LogP contribution in [-0.4, -0.2) is 173 Å². The normalized spacial score (nSPS) is 12.2. The third-order valence-corrected chi connectivity index (χ3v) is 16.4. The summed E-state index contributed by atoms with van der Waals surface area (Å²) in [6, 6.07) is 39.5. The third-order valence-electron chi connectivity index (χ3n) is 15.3. The summed E-state index contributed by atoms with van der Waals surface area (Å²) < 4.78 is 283. The van der Waals surface area contributed by atoms with Crippen molar-refractivity contribution in [3.8, 4) is 69.0 Å². The first kappa shape index (κ1) is 121. The average molecular weight is 2120 g/mol. The Kier molecular flexibility index (Phi) is 59.8. The topological polar surface area (TPSA) is 353 Å². The fourth-order valence-corrected chi connectivity index (χ4v) is 9.88. The maximum Gasteiger partial charge on any atom is 0.523 e. The number of halogens is 15. The van der Waals surface area contributed by atoms with Gasteiger partial charge in [-0.05, 0) is 261 Å². The third kappa shape index (κ3) is 52.3. The maximum absolute atomic E-state index is 12.6. The largest absolute Gasteiger partial charge is 0.523 e. The Bertz CT molecular complexity index is 4660. The molecule has 0 spiro atoms.